The summed E-state index contributed by atoms with van der Waals surface area (Å²) in [4.78, 5) is 15.2. The summed E-state index contributed by atoms with van der Waals surface area (Å²) >= 11 is 0. The van der Waals surface area contributed by atoms with Crippen molar-refractivity contribution < 1.29 is 14.3 Å². The number of likely N-dealkylation sites (tertiary alicyclic amines) is 1. The third-order valence-electron chi connectivity index (χ3n) is 5.02. The molecule has 0 bridgehead atoms. The van der Waals surface area contributed by atoms with E-state index in [4.69, 9.17) is 9.47 Å². The monoisotopic (exact) mass is 368 g/mol. The lowest BCUT2D eigenvalue weighted by Crippen LogP contribution is -2.37. The van der Waals surface area contributed by atoms with Gasteiger partial charge in [0.05, 0.1) is 26.7 Å². The van der Waals surface area contributed by atoms with E-state index in [1.54, 1.807) is 14.2 Å². The Bertz CT molecular complexity index is 742. The Morgan fingerprint density at radius 2 is 1.81 bits per heavy atom. The van der Waals surface area contributed by atoms with Gasteiger partial charge in [-0.2, -0.15) is 0 Å². The fraction of sp³-hybridized carbons (Fsp3) is 0.409. The molecule has 144 valence electrons. The lowest BCUT2D eigenvalue weighted by atomic mass is 10.0. The van der Waals surface area contributed by atoms with Crippen molar-refractivity contribution >= 4 is 5.91 Å². The van der Waals surface area contributed by atoms with Gasteiger partial charge in [-0.1, -0.05) is 30.3 Å². The molecule has 0 spiro atoms. The van der Waals surface area contributed by atoms with Gasteiger partial charge in [0.2, 0.25) is 5.91 Å². The van der Waals surface area contributed by atoms with Crippen LogP contribution in [0.4, 0.5) is 0 Å². The zero-order valence-corrected chi connectivity index (χ0v) is 16.1. The number of carbonyl (C=O) groups is 1. The Balaban J connectivity index is 1.72. The van der Waals surface area contributed by atoms with Gasteiger partial charge in [-0.25, -0.2) is 0 Å². The second kappa shape index (κ2) is 9.42. The minimum absolute atomic E-state index is 0.0189. The van der Waals surface area contributed by atoms with Crippen molar-refractivity contribution in [2.24, 2.45) is 0 Å². The maximum absolute atomic E-state index is 12.8. The van der Waals surface area contributed by atoms with Gasteiger partial charge in [0.15, 0.2) is 0 Å². The molecule has 1 N–H and O–H groups in total. The molecule has 1 amide bonds. The Hall–Kier alpha value is -2.53. The lowest BCUT2D eigenvalue weighted by Gasteiger charge is -2.25. The van der Waals surface area contributed by atoms with Crippen molar-refractivity contribution in [1.29, 1.82) is 0 Å². The minimum atomic E-state index is -0.0200. The van der Waals surface area contributed by atoms with Gasteiger partial charge in [-0.3, -0.25) is 4.79 Å². The predicted octanol–water partition coefficient (Wildman–Crippen LogP) is 3.20. The number of nitrogens with one attached hydrogen (secondary N) is 1. The molecule has 5 nitrogen and oxygen atoms in total. The van der Waals surface area contributed by atoms with E-state index in [1.165, 1.54) is 12.8 Å². The molecular formula is C22H28N2O3. The first kappa shape index (κ1) is 19.2. The molecule has 2 aromatic carbocycles. The van der Waals surface area contributed by atoms with Crippen molar-refractivity contribution in [3.05, 3.63) is 59.7 Å². The number of nitrogens with zero attached hydrogens (tertiary/aromatic N) is 1. The summed E-state index contributed by atoms with van der Waals surface area (Å²) in [5.41, 5.74) is 1.96. The number of rotatable bonds is 8. The molecular weight excluding hydrogens is 340 g/mol. The molecule has 1 aliphatic heterocycles. The van der Waals surface area contributed by atoms with Crippen LogP contribution in [0.15, 0.2) is 48.5 Å². The summed E-state index contributed by atoms with van der Waals surface area (Å²) < 4.78 is 10.7. The van der Waals surface area contributed by atoms with Crippen LogP contribution in [-0.2, 0) is 11.2 Å². The third-order valence-corrected chi connectivity index (χ3v) is 5.02. The molecule has 2 aromatic rings. The highest BCUT2D eigenvalue weighted by Gasteiger charge is 2.21. The summed E-state index contributed by atoms with van der Waals surface area (Å²) in [7, 11) is 3.23. The van der Waals surface area contributed by atoms with E-state index in [0.29, 0.717) is 5.75 Å². The number of hydrogen-bond donors (Lipinski definition) is 1. The van der Waals surface area contributed by atoms with Crippen molar-refractivity contribution in [2.75, 3.05) is 33.9 Å². The third kappa shape index (κ3) is 5.23. The summed E-state index contributed by atoms with van der Waals surface area (Å²) in [6, 6.07) is 15.7. The van der Waals surface area contributed by atoms with E-state index in [0.717, 1.165) is 36.5 Å². The number of ether oxygens (including phenoxy) is 2. The number of hydrogen-bond acceptors (Lipinski definition) is 4. The first-order valence-electron chi connectivity index (χ1n) is 9.47. The van der Waals surface area contributed by atoms with Gasteiger partial charge in [0.25, 0.3) is 0 Å². The molecule has 0 aromatic heterocycles. The number of benzene rings is 2. The highest BCUT2D eigenvalue weighted by Crippen LogP contribution is 2.25. The van der Waals surface area contributed by atoms with E-state index >= 15 is 0 Å². The highest BCUT2D eigenvalue weighted by atomic mass is 16.5. The van der Waals surface area contributed by atoms with E-state index < -0.39 is 0 Å². The molecule has 1 heterocycles. The van der Waals surface area contributed by atoms with Gasteiger partial charge >= 0.3 is 0 Å². The van der Waals surface area contributed by atoms with Gasteiger partial charge in [-0.05, 0) is 49.7 Å². The Morgan fingerprint density at radius 3 is 2.48 bits per heavy atom. The van der Waals surface area contributed by atoms with Crippen molar-refractivity contribution in [2.45, 2.75) is 25.3 Å². The quantitative estimate of drug-likeness (QED) is 0.777. The van der Waals surface area contributed by atoms with E-state index in [1.807, 2.05) is 36.4 Å². The fourth-order valence-electron chi connectivity index (χ4n) is 3.58. The summed E-state index contributed by atoms with van der Waals surface area (Å²) in [5, 5.41) is 3.22. The second-order valence-corrected chi connectivity index (χ2v) is 6.89. The zero-order chi connectivity index (χ0) is 19.1. The summed E-state index contributed by atoms with van der Waals surface area (Å²) in [6.07, 6.45) is 2.72. The van der Waals surface area contributed by atoms with Crippen molar-refractivity contribution in [3.8, 4) is 11.5 Å². The van der Waals surface area contributed by atoms with Crippen LogP contribution in [0.25, 0.3) is 0 Å². The Kier molecular flexibility index (Phi) is 6.71. The van der Waals surface area contributed by atoms with Crippen LogP contribution in [0.2, 0.25) is 0 Å². The molecule has 1 aliphatic rings. The number of methoxy groups -OCH3 is 2. The van der Waals surface area contributed by atoms with Gasteiger partial charge < -0.3 is 19.7 Å². The van der Waals surface area contributed by atoms with E-state index in [2.05, 4.69) is 22.3 Å². The summed E-state index contributed by atoms with van der Waals surface area (Å²) in [5.74, 6) is 1.40. The van der Waals surface area contributed by atoms with E-state index in [9.17, 15) is 4.79 Å². The van der Waals surface area contributed by atoms with Crippen molar-refractivity contribution in [3.63, 3.8) is 0 Å². The predicted molar refractivity (Wildman–Crippen MR) is 106 cm³/mol. The van der Waals surface area contributed by atoms with Crippen molar-refractivity contribution in [1.82, 2.24) is 10.2 Å². The smallest absolute Gasteiger partial charge is 0.225 e. The molecule has 1 fully saturated rings. The normalized spacial score (nSPS) is 15.3. The largest absolute Gasteiger partial charge is 0.497 e. The fourth-order valence-corrected chi connectivity index (χ4v) is 3.58. The topological polar surface area (TPSA) is 50.8 Å². The molecule has 1 saturated heterocycles. The molecule has 1 unspecified atom stereocenters. The van der Waals surface area contributed by atoms with Crippen LogP contribution in [0.3, 0.4) is 0 Å². The Labute approximate surface area is 161 Å². The average Bonchev–Trinajstić information content (AvgIpc) is 3.21. The first-order chi connectivity index (χ1) is 13.2. The molecule has 0 saturated carbocycles. The average molecular weight is 368 g/mol. The molecule has 5 heteroatoms. The standard InChI is InChI=1S/C22H28N2O3/c1-26-19-10-11-21(27-2)18(14-19)15-22(25)23-20(16-24-12-6-7-13-24)17-8-4-3-5-9-17/h3-5,8-11,14,20H,6-7,12-13,15-16H2,1-2H3,(H,23,25). The van der Waals surface area contributed by atoms with Crippen LogP contribution < -0.4 is 14.8 Å². The second-order valence-electron chi connectivity index (χ2n) is 6.89. The molecule has 27 heavy (non-hydrogen) atoms. The van der Waals surface area contributed by atoms with Gasteiger partial charge in [-0.15, -0.1) is 0 Å². The van der Waals surface area contributed by atoms with Crippen LogP contribution in [0.1, 0.15) is 30.0 Å². The van der Waals surface area contributed by atoms with E-state index in [-0.39, 0.29) is 18.4 Å². The van der Waals surface area contributed by atoms with Gasteiger partial charge in [0, 0.05) is 12.1 Å². The maximum atomic E-state index is 12.8. The molecule has 3 rings (SSSR count). The maximum Gasteiger partial charge on any atom is 0.225 e. The zero-order valence-electron chi connectivity index (χ0n) is 16.1. The molecule has 0 aliphatic carbocycles. The van der Waals surface area contributed by atoms with Crippen LogP contribution in [0.5, 0.6) is 11.5 Å². The van der Waals surface area contributed by atoms with Crippen LogP contribution >= 0.6 is 0 Å². The summed E-state index contributed by atoms with van der Waals surface area (Å²) in [6.45, 7) is 3.04. The molecule has 0 radical (unpaired) electrons. The number of carbonyl (C=O) groups excluding carboxylic acids is 1. The molecule has 1 atom stereocenters. The SMILES string of the molecule is COc1ccc(OC)c(CC(=O)NC(CN2CCCC2)c2ccccc2)c1. The van der Waals surface area contributed by atoms with Crippen LogP contribution in [-0.4, -0.2) is 44.7 Å². The van der Waals surface area contributed by atoms with Gasteiger partial charge in [0.1, 0.15) is 11.5 Å². The first-order valence-corrected chi connectivity index (χ1v) is 9.47. The number of amides is 1. The Morgan fingerprint density at radius 1 is 1.07 bits per heavy atom. The van der Waals surface area contributed by atoms with Crippen LogP contribution in [0, 0.1) is 0 Å². The minimum Gasteiger partial charge on any atom is -0.497 e. The lowest BCUT2D eigenvalue weighted by molar-refractivity contribution is -0.121. The highest BCUT2D eigenvalue weighted by molar-refractivity contribution is 5.80.